The number of ether oxygens (including phenoxy) is 1. The minimum Gasteiger partial charge on any atom is -0.497 e. The van der Waals surface area contributed by atoms with Gasteiger partial charge in [0.1, 0.15) is 5.75 Å². The summed E-state index contributed by atoms with van der Waals surface area (Å²) in [5.41, 5.74) is 0.890. The molecule has 102 valence electrons. The van der Waals surface area contributed by atoms with E-state index < -0.39 is 6.10 Å². The van der Waals surface area contributed by atoms with E-state index in [4.69, 9.17) is 4.74 Å². The highest BCUT2D eigenvalue weighted by molar-refractivity contribution is 9.11. The molecule has 0 bridgehead atoms. The molecule has 0 aliphatic rings. The van der Waals surface area contributed by atoms with Gasteiger partial charge in [-0.15, -0.1) is 11.3 Å². The monoisotopic (exact) mass is 341 g/mol. The van der Waals surface area contributed by atoms with E-state index in [9.17, 15) is 5.11 Å². The molecule has 1 unspecified atom stereocenters. The number of aliphatic hydroxyl groups excluding tert-OH is 1. The zero-order chi connectivity index (χ0) is 13.7. The van der Waals surface area contributed by atoms with Crippen LogP contribution in [0.15, 0.2) is 40.2 Å². The molecular formula is C14H16BrNO2S. The second-order valence-electron chi connectivity index (χ2n) is 4.13. The van der Waals surface area contributed by atoms with E-state index in [2.05, 4.69) is 27.3 Å². The molecule has 2 aromatic rings. The standard InChI is InChI=1S/C14H16BrNO2S/c1-18-11-4-2-10(3-5-11)13(17)9-16-8-12-6-7-14(15)19-12/h2-7,13,16-17H,8-9H2,1H3. The summed E-state index contributed by atoms with van der Waals surface area (Å²) in [6.45, 7) is 1.30. The van der Waals surface area contributed by atoms with Crippen LogP contribution in [0, 0.1) is 0 Å². The maximum absolute atomic E-state index is 10.1. The molecule has 0 fully saturated rings. The van der Waals surface area contributed by atoms with Crippen LogP contribution < -0.4 is 10.1 Å². The first kappa shape index (κ1) is 14.5. The van der Waals surface area contributed by atoms with Gasteiger partial charge in [0.15, 0.2) is 0 Å². The van der Waals surface area contributed by atoms with Crippen molar-refractivity contribution in [3.63, 3.8) is 0 Å². The van der Waals surface area contributed by atoms with Crippen LogP contribution in [0.5, 0.6) is 5.75 Å². The molecule has 2 rings (SSSR count). The number of aliphatic hydroxyl groups is 1. The molecule has 1 aromatic heterocycles. The van der Waals surface area contributed by atoms with E-state index >= 15 is 0 Å². The van der Waals surface area contributed by atoms with Gasteiger partial charge in [-0.25, -0.2) is 0 Å². The predicted octanol–water partition coefficient (Wildman–Crippen LogP) is 3.34. The predicted molar refractivity (Wildman–Crippen MR) is 81.7 cm³/mol. The lowest BCUT2D eigenvalue weighted by Gasteiger charge is -2.12. The van der Waals surface area contributed by atoms with Crippen LogP contribution in [0.2, 0.25) is 0 Å². The summed E-state index contributed by atoms with van der Waals surface area (Å²) in [5.74, 6) is 0.798. The molecule has 2 N–H and O–H groups in total. The van der Waals surface area contributed by atoms with E-state index in [1.54, 1.807) is 18.4 Å². The summed E-state index contributed by atoms with van der Waals surface area (Å²) in [6.07, 6.45) is -0.505. The fourth-order valence-corrected chi connectivity index (χ4v) is 3.18. The van der Waals surface area contributed by atoms with E-state index in [1.807, 2.05) is 30.3 Å². The minimum absolute atomic E-state index is 0.505. The van der Waals surface area contributed by atoms with Crippen molar-refractivity contribution in [2.45, 2.75) is 12.6 Å². The van der Waals surface area contributed by atoms with Gasteiger partial charge < -0.3 is 15.2 Å². The Hall–Kier alpha value is -0.880. The molecule has 0 aliphatic carbocycles. The molecule has 0 radical (unpaired) electrons. The van der Waals surface area contributed by atoms with Crippen molar-refractivity contribution >= 4 is 27.3 Å². The van der Waals surface area contributed by atoms with Gasteiger partial charge in [0.2, 0.25) is 0 Å². The number of methoxy groups -OCH3 is 1. The van der Waals surface area contributed by atoms with E-state index in [0.717, 1.165) is 21.6 Å². The van der Waals surface area contributed by atoms with E-state index in [0.29, 0.717) is 6.54 Å². The number of thiophene rings is 1. The highest BCUT2D eigenvalue weighted by Crippen LogP contribution is 2.22. The largest absolute Gasteiger partial charge is 0.497 e. The highest BCUT2D eigenvalue weighted by atomic mass is 79.9. The van der Waals surface area contributed by atoms with Crippen LogP contribution >= 0.6 is 27.3 Å². The number of benzene rings is 1. The third-order valence-corrected chi connectivity index (χ3v) is 4.39. The Labute approximate surface area is 125 Å². The summed E-state index contributed by atoms with van der Waals surface area (Å²) < 4.78 is 6.21. The van der Waals surface area contributed by atoms with Crippen LogP contribution in [-0.4, -0.2) is 18.8 Å². The Morgan fingerprint density at radius 2 is 2.00 bits per heavy atom. The SMILES string of the molecule is COc1ccc(C(O)CNCc2ccc(Br)s2)cc1. The molecule has 1 heterocycles. The third-order valence-electron chi connectivity index (χ3n) is 2.77. The normalized spacial score (nSPS) is 12.4. The van der Waals surface area contributed by atoms with Gasteiger partial charge in [0, 0.05) is 18.0 Å². The average molecular weight is 342 g/mol. The molecule has 5 heteroatoms. The lowest BCUT2D eigenvalue weighted by Crippen LogP contribution is -2.20. The summed E-state index contributed by atoms with van der Waals surface area (Å²) in [6, 6.07) is 11.6. The van der Waals surface area contributed by atoms with Crippen LogP contribution in [0.25, 0.3) is 0 Å². The maximum Gasteiger partial charge on any atom is 0.118 e. The van der Waals surface area contributed by atoms with Crippen molar-refractivity contribution in [3.05, 3.63) is 50.6 Å². The number of hydrogen-bond acceptors (Lipinski definition) is 4. The molecule has 1 aromatic carbocycles. The number of hydrogen-bond donors (Lipinski definition) is 2. The fourth-order valence-electron chi connectivity index (χ4n) is 1.72. The van der Waals surface area contributed by atoms with Gasteiger partial charge >= 0.3 is 0 Å². The summed E-state index contributed by atoms with van der Waals surface area (Å²) in [4.78, 5) is 1.24. The molecule has 0 spiro atoms. The molecule has 0 aliphatic heterocycles. The molecule has 0 saturated heterocycles. The second kappa shape index (κ2) is 7.05. The van der Waals surface area contributed by atoms with Gasteiger partial charge in [-0.2, -0.15) is 0 Å². The number of halogens is 1. The van der Waals surface area contributed by atoms with Gasteiger partial charge in [-0.05, 0) is 45.8 Å². The van der Waals surface area contributed by atoms with Crippen LogP contribution in [0.3, 0.4) is 0 Å². The van der Waals surface area contributed by atoms with Crippen molar-refractivity contribution in [3.8, 4) is 5.75 Å². The van der Waals surface area contributed by atoms with E-state index in [-0.39, 0.29) is 0 Å². The van der Waals surface area contributed by atoms with Crippen molar-refractivity contribution in [2.24, 2.45) is 0 Å². The molecular weight excluding hydrogens is 326 g/mol. The van der Waals surface area contributed by atoms with Crippen molar-refractivity contribution in [1.82, 2.24) is 5.32 Å². The lowest BCUT2D eigenvalue weighted by atomic mass is 10.1. The number of nitrogens with one attached hydrogen (secondary N) is 1. The van der Waals surface area contributed by atoms with Crippen molar-refractivity contribution in [1.29, 1.82) is 0 Å². The van der Waals surface area contributed by atoms with Crippen molar-refractivity contribution < 1.29 is 9.84 Å². The Kier molecular flexibility index (Phi) is 5.39. The van der Waals surface area contributed by atoms with Crippen LogP contribution in [0.4, 0.5) is 0 Å². The fraction of sp³-hybridized carbons (Fsp3) is 0.286. The summed E-state index contributed by atoms with van der Waals surface area (Å²) >= 11 is 5.13. The first-order chi connectivity index (χ1) is 9.19. The third kappa shape index (κ3) is 4.31. The van der Waals surface area contributed by atoms with E-state index in [1.165, 1.54) is 4.88 Å². The molecule has 3 nitrogen and oxygen atoms in total. The Morgan fingerprint density at radius 3 is 2.58 bits per heavy atom. The van der Waals surface area contributed by atoms with Gasteiger partial charge in [-0.3, -0.25) is 0 Å². The van der Waals surface area contributed by atoms with Crippen LogP contribution in [-0.2, 0) is 6.54 Å². The Bertz CT molecular complexity index is 512. The lowest BCUT2D eigenvalue weighted by molar-refractivity contribution is 0.174. The van der Waals surface area contributed by atoms with Crippen LogP contribution in [0.1, 0.15) is 16.5 Å². The molecule has 19 heavy (non-hydrogen) atoms. The van der Waals surface area contributed by atoms with Crippen molar-refractivity contribution in [2.75, 3.05) is 13.7 Å². The number of rotatable bonds is 6. The zero-order valence-corrected chi connectivity index (χ0v) is 13.0. The maximum atomic E-state index is 10.1. The van der Waals surface area contributed by atoms with Gasteiger partial charge in [0.25, 0.3) is 0 Å². The quantitative estimate of drug-likeness (QED) is 0.846. The van der Waals surface area contributed by atoms with Gasteiger partial charge in [-0.1, -0.05) is 12.1 Å². The first-order valence-electron chi connectivity index (χ1n) is 5.96. The Balaban J connectivity index is 1.81. The average Bonchev–Trinajstić information content (AvgIpc) is 2.84. The minimum atomic E-state index is -0.505. The molecule has 1 atom stereocenters. The highest BCUT2D eigenvalue weighted by Gasteiger charge is 2.07. The molecule has 0 amide bonds. The van der Waals surface area contributed by atoms with Gasteiger partial charge in [0.05, 0.1) is 17.0 Å². The second-order valence-corrected chi connectivity index (χ2v) is 6.67. The first-order valence-corrected chi connectivity index (χ1v) is 7.57. The smallest absolute Gasteiger partial charge is 0.118 e. The summed E-state index contributed by atoms with van der Waals surface area (Å²) in [7, 11) is 1.63. The Morgan fingerprint density at radius 1 is 1.26 bits per heavy atom. The topological polar surface area (TPSA) is 41.5 Å². The zero-order valence-electron chi connectivity index (χ0n) is 10.6. The molecule has 0 saturated carbocycles. The summed E-state index contributed by atoms with van der Waals surface area (Å²) in [5, 5.41) is 13.3.